The van der Waals surface area contributed by atoms with Crippen molar-refractivity contribution in [3.8, 4) is 0 Å². The summed E-state index contributed by atoms with van der Waals surface area (Å²) in [5.74, 6) is 1.68. The summed E-state index contributed by atoms with van der Waals surface area (Å²) in [4.78, 5) is 12.2. The summed E-state index contributed by atoms with van der Waals surface area (Å²) in [6.07, 6.45) is 5.18. The Hall–Kier alpha value is -1.51. The number of amides is 1. The highest BCUT2D eigenvalue weighted by Gasteiger charge is 2.40. The minimum absolute atomic E-state index is 0.0839. The highest BCUT2D eigenvalue weighted by atomic mass is 16.1. The molecule has 3 rings (SSSR count). The standard InChI is InChI=1S/C16H22N2O/c1-2-17-14-7-5-12(6-8-14)16(19)18-15-10-11-3-4-13(15)9-11/h5-8,11,13,15,17H,2-4,9-10H2,1H3,(H,18,19). The average molecular weight is 258 g/mol. The van der Waals surface area contributed by atoms with Crippen molar-refractivity contribution in [3.63, 3.8) is 0 Å². The molecule has 2 N–H and O–H groups in total. The van der Waals surface area contributed by atoms with Gasteiger partial charge in [0.2, 0.25) is 0 Å². The second kappa shape index (κ2) is 5.24. The quantitative estimate of drug-likeness (QED) is 0.871. The van der Waals surface area contributed by atoms with E-state index in [1.54, 1.807) is 0 Å². The van der Waals surface area contributed by atoms with Gasteiger partial charge in [0.25, 0.3) is 5.91 Å². The van der Waals surface area contributed by atoms with E-state index in [9.17, 15) is 4.79 Å². The number of benzene rings is 1. The molecule has 3 nitrogen and oxygen atoms in total. The van der Waals surface area contributed by atoms with E-state index in [4.69, 9.17) is 0 Å². The Bertz CT molecular complexity index is 454. The van der Waals surface area contributed by atoms with Crippen LogP contribution < -0.4 is 10.6 Å². The lowest BCUT2D eigenvalue weighted by Crippen LogP contribution is -2.38. The number of hydrogen-bond donors (Lipinski definition) is 2. The molecule has 2 saturated carbocycles. The van der Waals surface area contributed by atoms with Gasteiger partial charge in [-0.05, 0) is 62.3 Å². The maximum absolute atomic E-state index is 12.2. The lowest BCUT2D eigenvalue weighted by atomic mass is 9.95. The zero-order valence-corrected chi connectivity index (χ0v) is 11.5. The molecular formula is C16H22N2O. The molecule has 0 spiro atoms. The molecule has 1 aromatic carbocycles. The zero-order valence-electron chi connectivity index (χ0n) is 11.5. The highest BCUT2D eigenvalue weighted by Crippen LogP contribution is 2.44. The molecule has 0 heterocycles. The predicted molar refractivity (Wildman–Crippen MR) is 77.3 cm³/mol. The summed E-state index contributed by atoms with van der Waals surface area (Å²) in [6.45, 7) is 2.96. The van der Waals surface area contributed by atoms with Gasteiger partial charge in [0, 0.05) is 23.8 Å². The van der Waals surface area contributed by atoms with Gasteiger partial charge in [0.1, 0.15) is 0 Å². The van der Waals surface area contributed by atoms with Gasteiger partial charge >= 0.3 is 0 Å². The summed E-state index contributed by atoms with van der Waals surface area (Å²) in [6, 6.07) is 8.17. The van der Waals surface area contributed by atoms with E-state index in [0.29, 0.717) is 6.04 Å². The SMILES string of the molecule is CCNc1ccc(C(=O)NC2CC3CCC2C3)cc1. The first-order valence-corrected chi connectivity index (χ1v) is 7.41. The topological polar surface area (TPSA) is 41.1 Å². The number of rotatable bonds is 4. The average Bonchev–Trinajstić information content (AvgIpc) is 3.02. The maximum Gasteiger partial charge on any atom is 0.251 e. The van der Waals surface area contributed by atoms with E-state index in [0.717, 1.165) is 29.6 Å². The molecular weight excluding hydrogens is 236 g/mol. The van der Waals surface area contributed by atoms with Crippen LogP contribution >= 0.6 is 0 Å². The molecule has 0 aliphatic heterocycles. The predicted octanol–water partition coefficient (Wildman–Crippen LogP) is 3.04. The fourth-order valence-electron chi connectivity index (χ4n) is 3.62. The largest absolute Gasteiger partial charge is 0.385 e. The second-order valence-corrected chi connectivity index (χ2v) is 5.86. The molecule has 1 amide bonds. The molecule has 3 unspecified atom stereocenters. The Kier molecular flexibility index (Phi) is 3.45. The van der Waals surface area contributed by atoms with Crippen LogP contribution in [0.15, 0.2) is 24.3 Å². The smallest absolute Gasteiger partial charge is 0.251 e. The van der Waals surface area contributed by atoms with Crippen molar-refractivity contribution in [2.75, 3.05) is 11.9 Å². The summed E-state index contributed by atoms with van der Waals surface area (Å²) in [7, 11) is 0. The number of fused-ring (bicyclic) bond motifs is 2. The van der Waals surface area contributed by atoms with Crippen LogP contribution in [0.5, 0.6) is 0 Å². The van der Waals surface area contributed by atoms with Crippen LogP contribution in [0.1, 0.15) is 43.0 Å². The zero-order chi connectivity index (χ0) is 13.2. The summed E-state index contributed by atoms with van der Waals surface area (Å²) >= 11 is 0. The third-order valence-corrected chi connectivity index (χ3v) is 4.58. The van der Waals surface area contributed by atoms with E-state index < -0.39 is 0 Å². The van der Waals surface area contributed by atoms with Crippen molar-refractivity contribution in [3.05, 3.63) is 29.8 Å². The number of carbonyl (C=O) groups is 1. The number of carbonyl (C=O) groups excluding carboxylic acids is 1. The van der Waals surface area contributed by atoms with Crippen molar-refractivity contribution >= 4 is 11.6 Å². The van der Waals surface area contributed by atoms with Gasteiger partial charge in [-0.15, -0.1) is 0 Å². The monoisotopic (exact) mass is 258 g/mol. The third-order valence-electron chi connectivity index (χ3n) is 4.58. The van der Waals surface area contributed by atoms with Crippen LogP contribution in [0.4, 0.5) is 5.69 Å². The molecule has 2 fully saturated rings. The molecule has 0 saturated heterocycles. The van der Waals surface area contributed by atoms with Crippen LogP contribution in [0.3, 0.4) is 0 Å². The van der Waals surface area contributed by atoms with Crippen LogP contribution in [0, 0.1) is 11.8 Å². The number of nitrogens with one attached hydrogen (secondary N) is 2. The van der Waals surface area contributed by atoms with Crippen molar-refractivity contribution < 1.29 is 4.79 Å². The molecule has 1 aromatic rings. The van der Waals surface area contributed by atoms with Gasteiger partial charge in [-0.3, -0.25) is 4.79 Å². The summed E-state index contributed by atoms with van der Waals surface area (Å²) < 4.78 is 0. The van der Waals surface area contributed by atoms with Crippen molar-refractivity contribution in [2.24, 2.45) is 11.8 Å². The lowest BCUT2D eigenvalue weighted by Gasteiger charge is -2.22. The van der Waals surface area contributed by atoms with Crippen molar-refractivity contribution in [1.82, 2.24) is 5.32 Å². The van der Waals surface area contributed by atoms with Gasteiger partial charge in [0.05, 0.1) is 0 Å². The minimum Gasteiger partial charge on any atom is -0.385 e. The lowest BCUT2D eigenvalue weighted by molar-refractivity contribution is 0.0923. The van der Waals surface area contributed by atoms with Crippen LogP contribution in [0.2, 0.25) is 0 Å². The van der Waals surface area contributed by atoms with Crippen molar-refractivity contribution in [1.29, 1.82) is 0 Å². The molecule has 2 aliphatic rings. The first kappa shape index (κ1) is 12.5. The van der Waals surface area contributed by atoms with Crippen LogP contribution in [-0.2, 0) is 0 Å². The van der Waals surface area contributed by atoms with Gasteiger partial charge in [-0.1, -0.05) is 6.42 Å². The fraction of sp³-hybridized carbons (Fsp3) is 0.562. The number of hydrogen-bond acceptors (Lipinski definition) is 2. The Morgan fingerprint density at radius 3 is 2.58 bits per heavy atom. The molecule has 3 atom stereocenters. The molecule has 102 valence electrons. The van der Waals surface area contributed by atoms with Gasteiger partial charge < -0.3 is 10.6 Å². The fourth-order valence-corrected chi connectivity index (χ4v) is 3.62. The molecule has 0 radical (unpaired) electrons. The molecule has 2 bridgehead atoms. The number of anilines is 1. The van der Waals surface area contributed by atoms with Gasteiger partial charge in [-0.2, -0.15) is 0 Å². The first-order valence-electron chi connectivity index (χ1n) is 7.41. The minimum atomic E-state index is 0.0839. The summed E-state index contributed by atoms with van der Waals surface area (Å²) in [5, 5.41) is 6.46. The first-order chi connectivity index (χ1) is 9.26. The van der Waals surface area contributed by atoms with Gasteiger partial charge in [-0.25, -0.2) is 0 Å². The molecule has 19 heavy (non-hydrogen) atoms. The van der Waals surface area contributed by atoms with E-state index >= 15 is 0 Å². The highest BCUT2D eigenvalue weighted by molar-refractivity contribution is 5.94. The van der Waals surface area contributed by atoms with E-state index in [1.165, 1.54) is 25.7 Å². The molecule has 3 heteroatoms. The molecule has 2 aliphatic carbocycles. The normalized spacial score (nSPS) is 28.4. The maximum atomic E-state index is 12.2. The van der Waals surface area contributed by atoms with Crippen LogP contribution in [-0.4, -0.2) is 18.5 Å². The Labute approximate surface area is 114 Å². The summed E-state index contributed by atoms with van der Waals surface area (Å²) in [5.41, 5.74) is 1.84. The molecule has 0 aromatic heterocycles. The third kappa shape index (κ3) is 2.60. The van der Waals surface area contributed by atoms with E-state index in [2.05, 4.69) is 17.6 Å². The van der Waals surface area contributed by atoms with Gasteiger partial charge in [0.15, 0.2) is 0 Å². The van der Waals surface area contributed by atoms with E-state index in [-0.39, 0.29) is 5.91 Å². The van der Waals surface area contributed by atoms with Crippen LogP contribution in [0.25, 0.3) is 0 Å². The second-order valence-electron chi connectivity index (χ2n) is 5.86. The Balaban J connectivity index is 1.60. The Morgan fingerprint density at radius 2 is 2.00 bits per heavy atom. The Morgan fingerprint density at radius 1 is 1.21 bits per heavy atom. The van der Waals surface area contributed by atoms with E-state index in [1.807, 2.05) is 24.3 Å². The van der Waals surface area contributed by atoms with Crippen molar-refractivity contribution in [2.45, 2.75) is 38.6 Å².